The summed E-state index contributed by atoms with van der Waals surface area (Å²) in [5, 5.41) is 5.99. The molecule has 2 aliphatic heterocycles. The first kappa shape index (κ1) is 19.6. The van der Waals surface area contributed by atoms with Gasteiger partial charge in [0.2, 0.25) is 5.91 Å². The Morgan fingerprint density at radius 1 is 1.17 bits per heavy atom. The van der Waals surface area contributed by atoms with Gasteiger partial charge in [0.1, 0.15) is 5.82 Å². The van der Waals surface area contributed by atoms with Crippen LogP contribution in [-0.2, 0) is 17.8 Å². The maximum absolute atomic E-state index is 13.7. The number of nitrogens with one attached hydrogen (secondary N) is 2. The lowest BCUT2D eigenvalue weighted by Gasteiger charge is -2.32. The van der Waals surface area contributed by atoms with Crippen LogP contribution in [0.2, 0.25) is 0 Å². The maximum Gasteiger partial charge on any atom is 0.251 e. The van der Waals surface area contributed by atoms with Crippen molar-refractivity contribution in [1.82, 2.24) is 10.2 Å². The zero-order chi connectivity index (χ0) is 20.4. The van der Waals surface area contributed by atoms with Gasteiger partial charge in [-0.05, 0) is 61.1 Å². The molecule has 2 amide bonds. The number of anilines is 1. The van der Waals surface area contributed by atoms with Crippen LogP contribution in [-0.4, -0.2) is 35.8 Å². The number of carbonyl (C=O) groups excluding carboxylic acids is 2. The molecule has 0 atom stereocenters. The van der Waals surface area contributed by atoms with E-state index in [0.717, 1.165) is 44.6 Å². The molecule has 2 heterocycles. The van der Waals surface area contributed by atoms with E-state index in [0.29, 0.717) is 17.5 Å². The lowest BCUT2D eigenvalue weighted by Crippen LogP contribution is -2.44. The van der Waals surface area contributed by atoms with Gasteiger partial charge in [0.25, 0.3) is 5.91 Å². The van der Waals surface area contributed by atoms with E-state index < -0.39 is 0 Å². The molecule has 0 bridgehead atoms. The molecule has 2 aromatic rings. The van der Waals surface area contributed by atoms with Crippen molar-refractivity contribution >= 4 is 17.5 Å². The highest BCUT2D eigenvalue weighted by molar-refractivity contribution is 5.94. The standard InChI is InChI=1S/C23H26FN3O2/c1-15-2-4-18(13-20(15)24)23(29)25-19-8-10-27(11-9-19)14-16-3-5-17-6-7-22(28)26-21(17)12-16/h2-5,12-13,19H,6-11,14H2,1H3,(H,25,29)(H,26,28). The van der Waals surface area contributed by atoms with Crippen LogP contribution in [0.25, 0.3) is 0 Å². The Bertz CT molecular complexity index is 936. The predicted molar refractivity (Wildman–Crippen MR) is 110 cm³/mol. The van der Waals surface area contributed by atoms with Crippen LogP contribution in [0.15, 0.2) is 36.4 Å². The number of halogens is 1. The summed E-state index contributed by atoms with van der Waals surface area (Å²) >= 11 is 0. The van der Waals surface area contributed by atoms with Crippen LogP contribution in [0.5, 0.6) is 0 Å². The minimum absolute atomic E-state index is 0.0830. The van der Waals surface area contributed by atoms with Crippen LogP contribution >= 0.6 is 0 Å². The molecule has 5 nitrogen and oxygen atoms in total. The summed E-state index contributed by atoms with van der Waals surface area (Å²) in [5.41, 5.74) is 4.22. The molecule has 2 aliphatic rings. The minimum atomic E-state index is -0.353. The van der Waals surface area contributed by atoms with Gasteiger partial charge in [0.15, 0.2) is 0 Å². The van der Waals surface area contributed by atoms with Crippen LogP contribution < -0.4 is 10.6 Å². The highest BCUT2D eigenvalue weighted by atomic mass is 19.1. The average molecular weight is 395 g/mol. The molecule has 0 saturated carbocycles. The van der Waals surface area contributed by atoms with Crippen molar-refractivity contribution in [2.24, 2.45) is 0 Å². The lowest BCUT2D eigenvalue weighted by atomic mass is 9.99. The SMILES string of the molecule is Cc1ccc(C(=O)NC2CCN(Cc3ccc4c(c3)NC(=O)CC4)CC2)cc1F. The molecule has 0 aromatic heterocycles. The molecule has 29 heavy (non-hydrogen) atoms. The first-order valence-electron chi connectivity index (χ1n) is 10.2. The van der Waals surface area contributed by atoms with Crippen molar-refractivity contribution in [1.29, 1.82) is 0 Å². The number of rotatable bonds is 4. The largest absolute Gasteiger partial charge is 0.349 e. The molecule has 2 aromatic carbocycles. The topological polar surface area (TPSA) is 61.4 Å². The summed E-state index contributed by atoms with van der Waals surface area (Å²) < 4.78 is 13.7. The quantitative estimate of drug-likeness (QED) is 0.834. The van der Waals surface area contributed by atoms with Crippen molar-refractivity contribution in [2.75, 3.05) is 18.4 Å². The molecule has 0 radical (unpaired) electrons. The maximum atomic E-state index is 13.7. The van der Waals surface area contributed by atoms with E-state index in [4.69, 9.17) is 0 Å². The first-order chi connectivity index (χ1) is 14.0. The number of hydrogen-bond acceptors (Lipinski definition) is 3. The Morgan fingerprint density at radius 3 is 2.72 bits per heavy atom. The van der Waals surface area contributed by atoms with Crippen molar-refractivity contribution in [3.63, 3.8) is 0 Å². The number of piperidine rings is 1. The summed E-state index contributed by atoms with van der Waals surface area (Å²) in [6.07, 6.45) is 3.09. The number of carbonyl (C=O) groups is 2. The Morgan fingerprint density at radius 2 is 1.97 bits per heavy atom. The van der Waals surface area contributed by atoms with Crippen molar-refractivity contribution in [3.8, 4) is 0 Å². The molecule has 0 aliphatic carbocycles. The molecule has 6 heteroatoms. The van der Waals surface area contributed by atoms with Gasteiger partial charge in [-0.3, -0.25) is 14.5 Å². The highest BCUT2D eigenvalue weighted by Gasteiger charge is 2.22. The molecule has 1 saturated heterocycles. The van der Waals surface area contributed by atoms with Crippen LogP contribution in [0.3, 0.4) is 0 Å². The number of amides is 2. The number of likely N-dealkylation sites (tertiary alicyclic amines) is 1. The highest BCUT2D eigenvalue weighted by Crippen LogP contribution is 2.25. The minimum Gasteiger partial charge on any atom is -0.349 e. The molecule has 152 valence electrons. The van der Waals surface area contributed by atoms with Gasteiger partial charge in [-0.2, -0.15) is 0 Å². The Balaban J connectivity index is 1.29. The fourth-order valence-electron chi connectivity index (χ4n) is 4.01. The van der Waals surface area contributed by atoms with E-state index in [1.165, 1.54) is 17.2 Å². The van der Waals surface area contributed by atoms with E-state index in [-0.39, 0.29) is 23.7 Å². The fourth-order valence-corrected chi connectivity index (χ4v) is 4.01. The second kappa shape index (κ2) is 8.33. The normalized spacial score (nSPS) is 17.5. The number of fused-ring (bicyclic) bond motifs is 1. The fraction of sp³-hybridized carbons (Fsp3) is 0.391. The van der Waals surface area contributed by atoms with Crippen LogP contribution in [0, 0.1) is 12.7 Å². The summed E-state index contributed by atoms with van der Waals surface area (Å²) in [6.45, 7) is 4.28. The third kappa shape index (κ3) is 4.65. The molecule has 0 spiro atoms. The van der Waals surface area contributed by atoms with Crippen LogP contribution in [0.4, 0.5) is 10.1 Å². The average Bonchev–Trinajstić information content (AvgIpc) is 2.71. The van der Waals surface area contributed by atoms with E-state index >= 15 is 0 Å². The van der Waals surface area contributed by atoms with Crippen molar-refractivity contribution < 1.29 is 14.0 Å². The van der Waals surface area contributed by atoms with Gasteiger partial charge in [-0.15, -0.1) is 0 Å². The number of hydrogen-bond donors (Lipinski definition) is 2. The van der Waals surface area contributed by atoms with Crippen LogP contribution in [0.1, 0.15) is 46.3 Å². The van der Waals surface area contributed by atoms with Gasteiger partial charge >= 0.3 is 0 Å². The van der Waals surface area contributed by atoms with Gasteiger partial charge < -0.3 is 10.6 Å². The number of aryl methyl sites for hydroxylation is 2. The molecule has 1 fully saturated rings. The Labute approximate surface area is 170 Å². The van der Waals surface area contributed by atoms with Gasteiger partial charge in [0.05, 0.1) is 0 Å². The molecule has 0 unspecified atom stereocenters. The van der Waals surface area contributed by atoms with Gasteiger partial charge in [-0.1, -0.05) is 18.2 Å². The third-order valence-corrected chi connectivity index (χ3v) is 5.83. The smallest absolute Gasteiger partial charge is 0.251 e. The van der Waals surface area contributed by atoms with E-state index in [9.17, 15) is 14.0 Å². The molecular weight excluding hydrogens is 369 g/mol. The van der Waals surface area contributed by atoms with E-state index in [2.05, 4.69) is 33.7 Å². The summed E-state index contributed by atoms with van der Waals surface area (Å²) in [4.78, 5) is 26.4. The lowest BCUT2D eigenvalue weighted by molar-refractivity contribution is -0.116. The summed E-state index contributed by atoms with van der Waals surface area (Å²) in [7, 11) is 0. The third-order valence-electron chi connectivity index (χ3n) is 5.83. The first-order valence-corrected chi connectivity index (χ1v) is 10.2. The zero-order valence-corrected chi connectivity index (χ0v) is 16.6. The van der Waals surface area contributed by atoms with Crippen molar-refractivity contribution in [2.45, 2.75) is 45.2 Å². The predicted octanol–water partition coefficient (Wildman–Crippen LogP) is 3.41. The summed E-state index contributed by atoms with van der Waals surface area (Å²) in [5.74, 6) is -0.485. The Hall–Kier alpha value is -2.73. The second-order valence-corrected chi connectivity index (χ2v) is 8.03. The van der Waals surface area contributed by atoms with Gasteiger partial charge in [0, 0.05) is 43.3 Å². The van der Waals surface area contributed by atoms with E-state index in [1.807, 2.05) is 0 Å². The van der Waals surface area contributed by atoms with Crippen molar-refractivity contribution in [3.05, 3.63) is 64.5 Å². The van der Waals surface area contributed by atoms with Gasteiger partial charge in [-0.25, -0.2) is 4.39 Å². The zero-order valence-electron chi connectivity index (χ0n) is 16.6. The molecular formula is C23H26FN3O2. The molecule has 4 rings (SSSR count). The monoisotopic (exact) mass is 395 g/mol. The molecule has 2 N–H and O–H groups in total. The number of benzene rings is 2. The van der Waals surface area contributed by atoms with E-state index in [1.54, 1.807) is 19.1 Å². The summed E-state index contributed by atoms with van der Waals surface area (Å²) in [6, 6.07) is 11.0. The second-order valence-electron chi connectivity index (χ2n) is 8.03. The Kier molecular flexibility index (Phi) is 5.62. The number of nitrogens with zero attached hydrogens (tertiary/aromatic N) is 1.